The van der Waals surface area contributed by atoms with Gasteiger partial charge in [0.05, 0.1) is 6.61 Å². The molecule has 0 bridgehead atoms. The third kappa shape index (κ3) is 3.12. The molecule has 0 amide bonds. The number of ether oxygens (including phenoxy) is 1. The average Bonchev–Trinajstić information content (AvgIpc) is 2.25. The number of phenolic OH excluding ortho intramolecular Hbond substituents is 1. The standard InChI is InChI=1S/C13H15O3/c1-3-4-12-7-10(2)11(8-13(12)15)5-6-16-9-14/h3,7-8,15H,1,4-6H2,2H3. The summed E-state index contributed by atoms with van der Waals surface area (Å²) in [5, 5.41) is 9.74. The van der Waals surface area contributed by atoms with Crippen LogP contribution in [0.15, 0.2) is 24.8 Å². The molecule has 0 aliphatic heterocycles. The van der Waals surface area contributed by atoms with Gasteiger partial charge in [-0.3, -0.25) is 0 Å². The number of phenols is 1. The fourth-order valence-corrected chi connectivity index (χ4v) is 1.59. The molecule has 0 fully saturated rings. The van der Waals surface area contributed by atoms with Crippen molar-refractivity contribution in [3.63, 3.8) is 0 Å². The van der Waals surface area contributed by atoms with Crippen LogP contribution in [0, 0.1) is 6.92 Å². The molecule has 1 aromatic rings. The van der Waals surface area contributed by atoms with Gasteiger partial charge in [0.25, 0.3) is 0 Å². The molecule has 3 nitrogen and oxygen atoms in total. The summed E-state index contributed by atoms with van der Waals surface area (Å²) in [6.45, 7) is 7.26. The molecule has 0 spiro atoms. The second-order valence-electron chi connectivity index (χ2n) is 3.58. The van der Waals surface area contributed by atoms with E-state index in [1.165, 1.54) is 6.47 Å². The molecule has 0 heterocycles. The molecule has 1 N–H and O–H groups in total. The Labute approximate surface area is 95.4 Å². The van der Waals surface area contributed by atoms with E-state index >= 15 is 0 Å². The van der Waals surface area contributed by atoms with Crippen molar-refractivity contribution in [2.75, 3.05) is 6.61 Å². The summed E-state index contributed by atoms with van der Waals surface area (Å²) in [6, 6.07) is 3.64. The monoisotopic (exact) mass is 219 g/mol. The third-order valence-corrected chi connectivity index (χ3v) is 2.43. The number of hydrogen-bond donors (Lipinski definition) is 1. The van der Waals surface area contributed by atoms with Crippen molar-refractivity contribution in [1.82, 2.24) is 0 Å². The van der Waals surface area contributed by atoms with Gasteiger partial charge in [-0.25, -0.2) is 4.79 Å². The number of benzene rings is 1. The number of carbonyl (C=O) groups excluding carboxylic acids is 1. The van der Waals surface area contributed by atoms with E-state index in [0.717, 1.165) is 16.7 Å². The number of aryl methyl sites for hydroxylation is 1. The molecule has 0 atom stereocenters. The molecule has 0 aliphatic rings. The molecule has 1 aromatic carbocycles. The lowest BCUT2D eigenvalue weighted by Crippen LogP contribution is -1.99. The first-order valence-corrected chi connectivity index (χ1v) is 5.10. The van der Waals surface area contributed by atoms with E-state index in [2.05, 4.69) is 11.3 Å². The Morgan fingerprint density at radius 3 is 2.88 bits per heavy atom. The summed E-state index contributed by atoms with van der Waals surface area (Å²) in [5.74, 6) is 0.260. The van der Waals surface area contributed by atoms with Crippen molar-refractivity contribution in [2.45, 2.75) is 19.8 Å². The van der Waals surface area contributed by atoms with E-state index in [-0.39, 0.29) is 12.4 Å². The van der Waals surface area contributed by atoms with Crippen LogP contribution in [0.4, 0.5) is 0 Å². The summed E-state index contributed by atoms with van der Waals surface area (Å²) >= 11 is 0. The Hall–Kier alpha value is -1.77. The van der Waals surface area contributed by atoms with Crippen LogP contribution in [0.1, 0.15) is 16.7 Å². The van der Waals surface area contributed by atoms with Gasteiger partial charge in [0.1, 0.15) is 5.75 Å². The Morgan fingerprint density at radius 1 is 1.50 bits per heavy atom. The fourth-order valence-electron chi connectivity index (χ4n) is 1.59. The molecule has 0 saturated heterocycles. The van der Waals surface area contributed by atoms with Gasteiger partial charge in [0.2, 0.25) is 0 Å². The van der Waals surface area contributed by atoms with Crippen LogP contribution in [0.25, 0.3) is 0 Å². The molecule has 85 valence electrons. The minimum absolute atomic E-state index is 0.260. The van der Waals surface area contributed by atoms with E-state index in [1.807, 2.05) is 13.0 Å². The molecule has 0 unspecified atom stereocenters. The molecule has 16 heavy (non-hydrogen) atoms. The molecule has 1 radical (unpaired) electrons. The molecular formula is C13H15O3. The third-order valence-electron chi connectivity index (χ3n) is 2.43. The average molecular weight is 219 g/mol. The smallest absolute Gasteiger partial charge is 0.417 e. The van der Waals surface area contributed by atoms with Crippen LogP contribution in [0.3, 0.4) is 0 Å². The second kappa shape index (κ2) is 5.95. The van der Waals surface area contributed by atoms with Crippen molar-refractivity contribution >= 4 is 6.47 Å². The SMILES string of the molecule is C=CCc1cc(C)c(CCO[C]=O)cc1O. The van der Waals surface area contributed by atoms with Gasteiger partial charge in [-0.2, -0.15) is 0 Å². The van der Waals surface area contributed by atoms with Crippen molar-refractivity contribution in [3.05, 3.63) is 41.5 Å². The van der Waals surface area contributed by atoms with Crippen LogP contribution in [0.2, 0.25) is 0 Å². The number of allylic oxidation sites excluding steroid dienone is 1. The lowest BCUT2D eigenvalue weighted by atomic mass is 10.0. The summed E-state index contributed by atoms with van der Waals surface area (Å²) in [6.07, 6.45) is 2.98. The normalized spacial score (nSPS) is 9.81. The lowest BCUT2D eigenvalue weighted by molar-refractivity contribution is 0.281. The highest BCUT2D eigenvalue weighted by Gasteiger charge is 2.05. The zero-order chi connectivity index (χ0) is 12.0. The maximum absolute atomic E-state index is 9.88. The van der Waals surface area contributed by atoms with E-state index < -0.39 is 0 Å². The summed E-state index contributed by atoms with van der Waals surface area (Å²) in [4.78, 5) is 9.88. The van der Waals surface area contributed by atoms with Crippen molar-refractivity contribution in [1.29, 1.82) is 0 Å². The first kappa shape index (κ1) is 12.3. The lowest BCUT2D eigenvalue weighted by Gasteiger charge is -2.09. The molecular weight excluding hydrogens is 204 g/mol. The minimum atomic E-state index is 0.260. The first-order chi connectivity index (χ1) is 7.69. The highest BCUT2D eigenvalue weighted by Crippen LogP contribution is 2.23. The zero-order valence-corrected chi connectivity index (χ0v) is 9.32. The van der Waals surface area contributed by atoms with Crippen molar-refractivity contribution < 1.29 is 14.6 Å². The second-order valence-corrected chi connectivity index (χ2v) is 3.58. The largest absolute Gasteiger partial charge is 0.508 e. The topological polar surface area (TPSA) is 46.5 Å². The predicted octanol–water partition coefficient (Wildman–Crippen LogP) is 2.06. The van der Waals surface area contributed by atoms with Gasteiger partial charge >= 0.3 is 6.47 Å². The van der Waals surface area contributed by atoms with Gasteiger partial charge in [-0.1, -0.05) is 12.1 Å². The summed E-state index contributed by atoms with van der Waals surface area (Å²) in [5.41, 5.74) is 2.91. The van der Waals surface area contributed by atoms with Crippen LogP contribution in [-0.4, -0.2) is 18.2 Å². The Kier molecular flexibility index (Phi) is 4.58. The Balaban J connectivity index is 2.82. The molecule has 1 rings (SSSR count). The van der Waals surface area contributed by atoms with Crippen LogP contribution >= 0.6 is 0 Å². The maximum Gasteiger partial charge on any atom is 0.417 e. The highest BCUT2D eigenvalue weighted by atomic mass is 16.5. The fraction of sp³-hybridized carbons (Fsp3) is 0.308. The summed E-state index contributed by atoms with van der Waals surface area (Å²) in [7, 11) is 0. The summed E-state index contributed by atoms with van der Waals surface area (Å²) < 4.78 is 4.51. The first-order valence-electron chi connectivity index (χ1n) is 5.10. The highest BCUT2D eigenvalue weighted by molar-refractivity contribution is 5.43. The number of hydrogen-bond acceptors (Lipinski definition) is 3. The van der Waals surface area contributed by atoms with Crippen LogP contribution < -0.4 is 0 Å². The molecule has 0 saturated carbocycles. The van der Waals surface area contributed by atoms with Crippen LogP contribution in [-0.2, 0) is 22.4 Å². The van der Waals surface area contributed by atoms with Crippen molar-refractivity contribution in [3.8, 4) is 5.75 Å². The predicted molar refractivity (Wildman–Crippen MR) is 62.1 cm³/mol. The quantitative estimate of drug-likeness (QED) is 0.588. The number of aromatic hydroxyl groups is 1. The molecule has 0 aromatic heterocycles. The minimum Gasteiger partial charge on any atom is -0.508 e. The Morgan fingerprint density at radius 2 is 2.25 bits per heavy atom. The van der Waals surface area contributed by atoms with E-state index in [4.69, 9.17) is 0 Å². The molecule has 3 heteroatoms. The number of rotatable bonds is 6. The maximum atomic E-state index is 9.88. The van der Waals surface area contributed by atoms with Crippen molar-refractivity contribution in [2.24, 2.45) is 0 Å². The van der Waals surface area contributed by atoms with Gasteiger partial charge in [0, 0.05) is 6.42 Å². The van der Waals surface area contributed by atoms with Crippen LogP contribution in [0.5, 0.6) is 5.75 Å². The molecule has 0 aliphatic carbocycles. The zero-order valence-electron chi connectivity index (χ0n) is 9.32. The van der Waals surface area contributed by atoms with E-state index in [1.54, 1.807) is 12.1 Å². The van der Waals surface area contributed by atoms with Gasteiger partial charge in [0.15, 0.2) is 0 Å². The Bertz CT molecular complexity index is 383. The van der Waals surface area contributed by atoms with Gasteiger partial charge < -0.3 is 9.84 Å². The van der Waals surface area contributed by atoms with Gasteiger partial charge in [-0.05, 0) is 36.1 Å². The van der Waals surface area contributed by atoms with Gasteiger partial charge in [-0.15, -0.1) is 6.58 Å². The van der Waals surface area contributed by atoms with E-state index in [0.29, 0.717) is 12.8 Å². The van der Waals surface area contributed by atoms with E-state index in [9.17, 15) is 9.90 Å².